The summed E-state index contributed by atoms with van der Waals surface area (Å²) in [7, 11) is -1.09. The average molecular weight is 528 g/mol. The molecule has 0 bridgehead atoms. The Balaban J connectivity index is 0.00000261. The van der Waals surface area contributed by atoms with Crippen LogP contribution in [0.2, 0.25) is 0 Å². The van der Waals surface area contributed by atoms with Crippen LogP contribution in [-0.4, -0.2) is 77.2 Å². The molecular weight excluding hydrogens is 499 g/mol. The zero-order valence-corrected chi connectivity index (χ0v) is 19.6. The van der Waals surface area contributed by atoms with Gasteiger partial charge in [0.15, 0.2) is 15.8 Å². The van der Waals surface area contributed by atoms with Gasteiger partial charge in [-0.3, -0.25) is 9.89 Å². The van der Waals surface area contributed by atoms with Crippen LogP contribution in [0.4, 0.5) is 0 Å². The fourth-order valence-corrected chi connectivity index (χ4v) is 6.19. The van der Waals surface area contributed by atoms with E-state index in [-0.39, 0.29) is 41.7 Å². The number of aliphatic imine (C=N–C) groups is 1. The van der Waals surface area contributed by atoms with Crippen molar-refractivity contribution in [2.75, 3.05) is 57.9 Å². The predicted octanol–water partition coefficient (Wildman–Crippen LogP) is 1.34. The molecule has 2 fully saturated rings. The molecule has 2 unspecified atom stereocenters. The van der Waals surface area contributed by atoms with Crippen LogP contribution in [0.15, 0.2) is 22.5 Å². The molecule has 3 rings (SSSR count). The van der Waals surface area contributed by atoms with Gasteiger partial charge in [0.05, 0.1) is 30.8 Å². The van der Waals surface area contributed by atoms with Crippen LogP contribution in [0.1, 0.15) is 17.3 Å². The lowest BCUT2D eigenvalue weighted by Crippen LogP contribution is -2.46. The van der Waals surface area contributed by atoms with Crippen molar-refractivity contribution < 1.29 is 13.2 Å². The lowest BCUT2D eigenvalue weighted by atomic mass is 10.1. The van der Waals surface area contributed by atoms with Crippen LogP contribution in [0.25, 0.3) is 0 Å². The summed E-state index contributed by atoms with van der Waals surface area (Å²) < 4.78 is 28.7. The van der Waals surface area contributed by atoms with E-state index in [0.717, 1.165) is 45.2 Å². The highest BCUT2D eigenvalue weighted by Crippen LogP contribution is 2.25. The number of morpholine rings is 1. The van der Waals surface area contributed by atoms with Gasteiger partial charge in [0.2, 0.25) is 0 Å². The Kier molecular flexibility index (Phi) is 9.26. The Hall–Kier alpha value is -0.430. The average Bonchev–Trinajstić information content (AvgIpc) is 3.28. The molecule has 0 amide bonds. The zero-order valence-electron chi connectivity index (χ0n) is 15.6. The van der Waals surface area contributed by atoms with Gasteiger partial charge >= 0.3 is 0 Å². The summed E-state index contributed by atoms with van der Waals surface area (Å²) in [5, 5.41) is 8.81. The molecule has 0 aromatic carbocycles. The molecule has 2 aliphatic heterocycles. The van der Waals surface area contributed by atoms with Crippen LogP contribution < -0.4 is 10.6 Å². The van der Waals surface area contributed by atoms with Crippen molar-refractivity contribution in [3.8, 4) is 0 Å². The summed E-state index contributed by atoms with van der Waals surface area (Å²) in [6.45, 7) is 4.78. The summed E-state index contributed by atoms with van der Waals surface area (Å²) >= 11 is 1.77. The van der Waals surface area contributed by atoms with Gasteiger partial charge in [0.25, 0.3) is 0 Å². The highest BCUT2D eigenvalue weighted by molar-refractivity contribution is 14.0. The first-order valence-electron chi connectivity index (χ1n) is 9.07. The summed E-state index contributed by atoms with van der Waals surface area (Å²) in [4.78, 5) is 8.06. The molecule has 1 aromatic rings. The molecule has 0 aliphatic carbocycles. The minimum absolute atomic E-state index is 0. The maximum absolute atomic E-state index is 11.6. The van der Waals surface area contributed by atoms with Gasteiger partial charge in [-0.05, 0) is 23.8 Å². The Morgan fingerprint density at radius 2 is 2.19 bits per heavy atom. The van der Waals surface area contributed by atoms with E-state index >= 15 is 0 Å². The first-order valence-corrected chi connectivity index (χ1v) is 11.8. The molecule has 2 aliphatic rings. The van der Waals surface area contributed by atoms with Crippen LogP contribution >= 0.6 is 35.3 Å². The number of ether oxygens (including phenoxy) is 1. The number of thiophene rings is 1. The molecular formula is C17H29IN4O3S2. The van der Waals surface area contributed by atoms with Gasteiger partial charge < -0.3 is 15.4 Å². The molecule has 7 nitrogen and oxygen atoms in total. The Morgan fingerprint density at radius 1 is 1.41 bits per heavy atom. The van der Waals surface area contributed by atoms with Crippen LogP contribution in [0.5, 0.6) is 0 Å². The van der Waals surface area contributed by atoms with E-state index in [4.69, 9.17) is 4.74 Å². The zero-order chi connectivity index (χ0) is 18.4. The molecule has 0 radical (unpaired) electrons. The second-order valence-corrected chi connectivity index (χ2v) is 9.99. The molecule has 27 heavy (non-hydrogen) atoms. The van der Waals surface area contributed by atoms with Crippen molar-refractivity contribution in [3.63, 3.8) is 0 Å². The van der Waals surface area contributed by atoms with E-state index < -0.39 is 9.84 Å². The van der Waals surface area contributed by atoms with Gasteiger partial charge in [-0.15, -0.1) is 35.3 Å². The molecule has 0 saturated carbocycles. The largest absolute Gasteiger partial charge is 0.379 e. The van der Waals surface area contributed by atoms with Crippen LogP contribution in [-0.2, 0) is 14.6 Å². The van der Waals surface area contributed by atoms with E-state index in [2.05, 4.69) is 38.0 Å². The first-order chi connectivity index (χ1) is 12.6. The van der Waals surface area contributed by atoms with Gasteiger partial charge in [-0.1, -0.05) is 6.07 Å². The second kappa shape index (κ2) is 10.9. The Morgan fingerprint density at radius 3 is 2.78 bits per heavy atom. The van der Waals surface area contributed by atoms with Gasteiger partial charge in [-0.2, -0.15) is 0 Å². The summed E-state index contributed by atoms with van der Waals surface area (Å²) in [6.07, 6.45) is 0.734. The van der Waals surface area contributed by atoms with Crippen molar-refractivity contribution in [2.45, 2.75) is 12.5 Å². The van der Waals surface area contributed by atoms with E-state index in [1.807, 2.05) is 0 Å². The smallest absolute Gasteiger partial charge is 0.191 e. The second-order valence-electron chi connectivity index (χ2n) is 6.78. The monoisotopic (exact) mass is 528 g/mol. The van der Waals surface area contributed by atoms with Gasteiger partial charge in [0, 0.05) is 38.1 Å². The SMILES string of the molecule is CN=C(NCC1CCS(=O)(=O)C1)NCC(c1cccs1)N1CCOCC1.I. The summed E-state index contributed by atoms with van der Waals surface area (Å²) in [5.74, 6) is 1.49. The Bertz CT molecular complexity index is 691. The number of halogens is 1. The summed E-state index contributed by atoms with van der Waals surface area (Å²) in [5.41, 5.74) is 0. The lowest BCUT2D eigenvalue weighted by Gasteiger charge is -2.34. The molecule has 3 heterocycles. The molecule has 154 valence electrons. The molecule has 2 atom stereocenters. The molecule has 2 saturated heterocycles. The summed E-state index contributed by atoms with van der Waals surface area (Å²) in [6, 6.07) is 4.54. The number of guanidine groups is 1. The van der Waals surface area contributed by atoms with Crippen molar-refractivity contribution in [3.05, 3.63) is 22.4 Å². The third-order valence-corrected chi connectivity index (χ3v) is 7.74. The highest BCUT2D eigenvalue weighted by Gasteiger charge is 2.28. The molecule has 2 N–H and O–H groups in total. The fraction of sp³-hybridized carbons (Fsp3) is 0.706. The number of nitrogens with one attached hydrogen (secondary N) is 2. The van der Waals surface area contributed by atoms with Gasteiger partial charge in [0.1, 0.15) is 0 Å². The minimum atomic E-state index is -2.84. The van der Waals surface area contributed by atoms with Crippen molar-refractivity contribution >= 4 is 51.1 Å². The standard InChI is InChI=1S/C17H28N4O3S2.HI/c1-18-17(19-11-14-4-10-26(22,23)13-14)20-12-15(16-3-2-9-25-16)21-5-7-24-8-6-21;/h2-3,9,14-15H,4-8,10-13H2,1H3,(H2,18,19,20);1H. The number of hydrogen-bond donors (Lipinski definition) is 2. The first kappa shape index (κ1) is 22.9. The van der Waals surface area contributed by atoms with Crippen molar-refractivity contribution in [2.24, 2.45) is 10.9 Å². The molecule has 1 aromatic heterocycles. The van der Waals surface area contributed by atoms with Crippen LogP contribution in [0, 0.1) is 5.92 Å². The van der Waals surface area contributed by atoms with Crippen LogP contribution in [0.3, 0.4) is 0 Å². The topological polar surface area (TPSA) is 83.0 Å². The fourth-order valence-electron chi connectivity index (χ4n) is 3.47. The van der Waals surface area contributed by atoms with Crippen molar-refractivity contribution in [1.82, 2.24) is 15.5 Å². The number of rotatable bonds is 6. The normalized spacial score (nSPS) is 24.2. The van der Waals surface area contributed by atoms with E-state index in [0.29, 0.717) is 12.3 Å². The minimum Gasteiger partial charge on any atom is -0.379 e. The predicted molar refractivity (Wildman–Crippen MR) is 121 cm³/mol. The molecule has 0 spiro atoms. The van der Waals surface area contributed by atoms with E-state index in [9.17, 15) is 8.42 Å². The number of nitrogens with zero attached hydrogens (tertiary/aromatic N) is 2. The van der Waals surface area contributed by atoms with E-state index in [1.165, 1.54) is 4.88 Å². The van der Waals surface area contributed by atoms with Gasteiger partial charge in [-0.25, -0.2) is 8.42 Å². The van der Waals surface area contributed by atoms with Crippen molar-refractivity contribution in [1.29, 1.82) is 0 Å². The number of sulfone groups is 1. The number of hydrogen-bond acceptors (Lipinski definition) is 6. The maximum Gasteiger partial charge on any atom is 0.191 e. The Labute approximate surface area is 182 Å². The van der Waals surface area contributed by atoms with E-state index in [1.54, 1.807) is 18.4 Å². The lowest BCUT2D eigenvalue weighted by molar-refractivity contribution is 0.0177. The highest BCUT2D eigenvalue weighted by atomic mass is 127. The quantitative estimate of drug-likeness (QED) is 0.330. The molecule has 10 heteroatoms. The third-order valence-electron chi connectivity index (χ3n) is 4.93. The third kappa shape index (κ3) is 6.84. The maximum atomic E-state index is 11.6.